The Morgan fingerprint density at radius 2 is 2.03 bits per heavy atom. The Kier molecular flexibility index (Phi) is 6.06. The van der Waals surface area contributed by atoms with Crippen molar-refractivity contribution in [1.82, 2.24) is 9.88 Å². The van der Waals surface area contributed by atoms with Crippen LogP contribution in [0.3, 0.4) is 0 Å². The SMILES string of the molecule is O=C(O)COC1(c2ccc(Br)nc2)CCC2CC1CN2C(=O)OCc1ccccc1. The van der Waals surface area contributed by atoms with E-state index in [-0.39, 0.29) is 24.7 Å². The molecule has 1 N–H and O–H groups in total. The minimum absolute atomic E-state index is 0.0251. The molecule has 3 unspecified atom stereocenters. The number of rotatable bonds is 6. The second kappa shape index (κ2) is 8.73. The van der Waals surface area contributed by atoms with Gasteiger partial charge in [-0.05, 0) is 46.8 Å². The maximum atomic E-state index is 12.8. The molecule has 7 nitrogen and oxygen atoms in total. The molecule has 1 aromatic heterocycles. The van der Waals surface area contributed by atoms with Crippen LogP contribution in [0.2, 0.25) is 0 Å². The molecule has 0 spiro atoms. The number of pyridine rings is 1. The van der Waals surface area contributed by atoms with Crippen LogP contribution in [0.4, 0.5) is 4.79 Å². The normalized spacial score (nSPS) is 25.2. The van der Waals surface area contributed by atoms with E-state index in [9.17, 15) is 14.7 Å². The van der Waals surface area contributed by atoms with E-state index in [0.717, 1.165) is 17.5 Å². The Labute approximate surface area is 183 Å². The number of ether oxygens (including phenoxy) is 2. The van der Waals surface area contributed by atoms with Crippen molar-refractivity contribution in [2.24, 2.45) is 5.92 Å². The summed E-state index contributed by atoms with van der Waals surface area (Å²) >= 11 is 3.34. The van der Waals surface area contributed by atoms with Crippen molar-refractivity contribution in [3.05, 3.63) is 64.4 Å². The van der Waals surface area contributed by atoms with Gasteiger partial charge < -0.3 is 19.5 Å². The topological polar surface area (TPSA) is 89.0 Å². The molecule has 1 aliphatic carbocycles. The summed E-state index contributed by atoms with van der Waals surface area (Å²) in [5.41, 5.74) is 1.000. The highest BCUT2D eigenvalue weighted by Crippen LogP contribution is 2.50. The summed E-state index contributed by atoms with van der Waals surface area (Å²) in [6, 6.07) is 13.4. The number of aromatic nitrogens is 1. The lowest BCUT2D eigenvalue weighted by molar-refractivity contribution is -0.158. The summed E-state index contributed by atoms with van der Waals surface area (Å²) in [7, 11) is 0. The number of amides is 1. The van der Waals surface area contributed by atoms with Crippen LogP contribution < -0.4 is 0 Å². The van der Waals surface area contributed by atoms with Crippen LogP contribution in [0.25, 0.3) is 0 Å². The molecule has 4 rings (SSSR count). The highest BCUT2D eigenvalue weighted by Gasteiger charge is 2.53. The fourth-order valence-corrected chi connectivity index (χ4v) is 4.84. The van der Waals surface area contributed by atoms with Gasteiger partial charge in [-0.25, -0.2) is 14.6 Å². The van der Waals surface area contributed by atoms with E-state index in [2.05, 4.69) is 20.9 Å². The van der Waals surface area contributed by atoms with E-state index < -0.39 is 18.2 Å². The van der Waals surface area contributed by atoms with E-state index in [1.165, 1.54) is 0 Å². The lowest BCUT2D eigenvalue weighted by atomic mass is 9.72. The number of nitrogens with zero attached hydrogens (tertiary/aromatic N) is 2. The average molecular weight is 475 g/mol. The summed E-state index contributed by atoms with van der Waals surface area (Å²) in [5.74, 6) is -1.04. The number of fused-ring (bicyclic) bond motifs is 2. The number of benzene rings is 1. The van der Waals surface area contributed by atoms with E-state index in [1.807, 2.05) is 42.5 Å². The molecule has 3 atom stereocenters. The molecule has 2 fully saturated rings. The summed E-state index contributed by atoms with van der Waals surface area (Å²) in [5, 5.41) is 9.20. The summed E-state index contributed by atoms with van der Waals surface area (Å²) in [6.07, 6.45) is 3.47. The first-order chi connectivity index (χ1) is 14.5. The minimum Gasteiger partial charge on any atom is -0.480 e. The number of carboxylic acid groups (broad SMARTS) is 1. The lowest BCUT2D eigenvalue weighted by Gasteiger charge is -2.41. The first-order valence-electron chi connectivity index (χ1n) is 9.93. The zero-order chi connectivity index (χ0) is 21.1. The summed E-state index contributed by atoms with van der Waals surface area (Å²) < 4.78 is 12.3. The second-order valence-corrected chi connectivity index (χ2v) is 8.57. The van der Waals surface area contributed by atoms with Crippen LogP contribution in [0, 0.1) is 5.92 Å². The van der Waals surface area contributed by atoms with Crippen molar-refractivity contribution in [1.29, 1.82) is 0 Å². The molecule has 2 heterocycles. The number of hydrogen-bond acceptors (Lipinski definition) is 5. The van der Waals surface area contributed by atoms with Gasteiger partial charge in [0, 0.05) is 30.3 Å². The predicted molar refractivity (Wildman–Crippen MR) is 112 cm³/mol. The molecule has 2 bridgehead atoms. The largest absolute Gasteiger partial charge is 0.480 e. The van der Waals surface area contributed by atoms with Gasteiger partial charge in [0.05, 0.1) is 0 Å². The Balaban J connectivity index is 1.51. The Morgan fingerprint density at radius 3 is 2.73 bits per heavy atom. The van der Waals surface area contributed by atoms with Gasteiger partial charge in [-0.1, -0.05) is 36.4 Å². The first kappa shape index (κ1) is 20.8. The zero-order valence-electron chi connectivity index (χ0n) is 16.4. The summed E-state index contributed by atoms with van der Waals surface area (Å²) in [6.45, 7) is 0.300. The lowest BCUT2D eigenvalue weighted by Crippen LogP contribution is -2.42. The summed E-state index contributed by atoms with van der Waals surface area (Å²) in [4.78, 5) is 30.1. The van der Waals surface area contributed by atoms with Crippen molar-refractivity contribution in [2.45, 2.75) is 37.5 Å². The van der Waals surface area contributed by atoms with Crippen molar-refractivity contribution < 1.29 is 24.2 Å². The van der Waals surface area contributed by atoms with Crippen molar-refractivity contribution in [2.75, 3.05) is 13.2 Å². The average Bonchev–Trinajstić information content (AvgIpc) is 3.12. The van der Waals surface area contributed by atoms with Crippen molar-refractivity contribution in [3.8, 4) is 0 Å². The zero-order valence-corrected chi connectivity index (χ0v) is 18.0. The molecule has 8 heteroatoms. The third-order valence-electron chi connectivity index (χ3n) is 6.03. The van der Waals surface area contributed by atoms with E-state index in [4.69, 9.17) is 9.47 Å². The Bertz CT molecular complexity index is 908. The van der Waals surface area contributed by atoms with Gasteiger partial charge in [-0.15, -0.1) is 0 Å². The van der Waals surface area contributed by atoms with Crippen LogP contribution in [-0.4, -0.2) is 46.2 Å². The minimum atomic E-state index is -1.02. The smallest absolute Gasteiger partial charge is 0.410 e. The third kappa shape index (κ3) is 4.20. The monoisotopic (exact) mass is 474 g/mol. The Morgan fingerprint density at radius 1 is 1.23 bits per heavy atom. The quantitative estimate of drug-likeness (QED) is 0.637. The number of carbonyl (C=O) groups excluding carboxylic acids is 1. The molecule has 1 saturated heterocycles. The molecule has 158 valence electrons. The van der Waals surface area contributed by atoms with Gasteiger partial charge in [0.1, 0.15) is 23.4 Å². The number of carboxylic acids is 1. The molecule has 1 saturated carbocycles. The van der Waals surface area contributed by atoms with Gasteiger partial charge in [0.25, 0.3) is 0 Å². The first-order valence-corrected chi connectivity index (χ1v) is 10.7. The molecular formula is C22H23BrN2O5. The number of halogens is 1. The van der Waals surface area contributed by atoms with Crippen LogP contribution in [-0.2, 0) is 26.5 Å². The Hall–Kier alpha value is -2.45. The van der Waals surface area contributed by atoms with Gasteiger partial charge >= 0.3 is 12.1 Å². The second-order valence-electron chi connectivity index (χ2n) is 7.76. The molecule has 1 amide bonds. The maximum absolute atomic E-state index is 12.8. The fourth-order valence-electron chi connectivity index (χ4n) is 4.61. The van der Waals surface area contributed by atoms with E-state index in [1.54, 1.807) is 11.1 Å². The van der Waals surface area contributed by atoms with E-state index in [0.29, 0.717) is 24.0 Å². The fraction of sp³-hybridized carbons (Fsp3) is 0.409. The van der Waals surface area contributed by atoms with Gasteiger partial charge in [-0.3, -0.25) is 0 Å². The molecule has 2 aliphatic rings. The standard InChI is InChI=1S/C22H23BrN2O5/c23-19-7-6-16(11-24-19)22(30-14-20(26)27)9-8-18-10-17(22)12-25(18)21(28)29-13-15-4-2-1-3-5-15/h1-7,11,17-18H,8-10,12-14H2,(H,26,27). The molecule has 2 aromatic rings. The van der Waals surface area contributed by atoms with Gasteiger partial charge in [0.2, 0.25) is 0 Å². The number of carbonyl (C=O) groups is 2. The van der Waals surface area contributed by atoms with Crippen LogP contribution in [0.1, 0.15) is 30.4 Å². The van der Waals surface area contributed by atoms with Crippen molar-refractivity contribution >= 4 is 28.0 Å². The molecule has 0 radical (unpaired) electrons. The molecular weight excluding hydrogens is 452 g/mol. The molecule has 30 heavy (non-hydrogen) atoms. The van der Waals surface area contributed by atoms with Gasteiger partial charge in [0.15, 0.2) is 0 Å². The third-order valence-corrected chi connectivity index (χ3v) is 6.50. The van der Waals surface area contributed by atoms with Crippen LogP contribution >= 0.6 is 15.9 Å². The molecule has 1 aromatic carbocycles. The highest BCUT2D eigenvalue weighted by atomic mass is 79.9. The predicted octanol–water partition coefficient (Wildman–Crippen LogP) is 3.96. The van der Waals surface area contributed by atoms with E-state index >= 15 is 0 Å². The number of likely N-dealkylation sites (tertiary alicyclic amines) is 1. The maximum Gasteiger partial charge on any atom is 0.410 e. The number of aliphatic carboxylic acids is 1. The van der Waals surface area contributed by atoms with Crippen LogP contribution in [0.5, 0.6) is 0 Å². The van der Waals surface area contributed by atoms with Gasteiger partial charge in [-0.2, -0.15) is 0 Å². The van der Waals surface area contributed by atoms with Crippen molar-refractivity contribution in [3.63, 3.8) is 0 Å². The number of hydrogen-bond donors (Lipinski definition) is 1. The van der Waals surface area contributed by atoms with Crippen LogP contribution in [0.15, 0.2) is 53.3 Å². The molecule has 1 aliphatic heterocycles. The highest BCUT2D eigenvalue weighted by molar-refractivity contribution is 9.10.